The summed E-state index contributed by atoms with van der Waals surface area (Å²) in [6.07, 6.45) is -23.6. The number of hydrogen-bond acceptors (Lipinski definition) is 5. The molecule has 2 bridgehead atoms. The molecule has 3 rings (SSSR count). The van der Waals surface area contributed by atoms with Crippen LogP contribution in [0.15, 0.2) is 0 Å². The normalized spacial score (nSPS) is 33.6. The molecule has 0 amide bonds. The van der Waals surface area contributed by atoms with Crippen LogP contribution in [0.4, 0.5) is 52.7 Å². The molecule has 300 valence electrons. The molecule has 17 heteroatoms. The van der Waals surface area contributed by atoms with Gasteiger partial charge in [-0.05, 0) is 102 Å². The second kappa shape index (κ2) is 15.5. The molecule has 0 spiro atoms. The van der Waals surface area contributed by atoms with Crippen molar-refractivity contribution in [2.75, 3.05) is 0 Å². The zero-order chi connectivity index (χ0) is 37.9. The summed E-state index contributed by atoms with van der Waals surface area (Å²) in [5.41, 5.74) is -12.6. The predicted octanol–water partition coefficient (Wildman–Crippen LogP) is 9.81. The lowest BCUT2D eigenvalue weighted by atomic mass is 9.67. The Kier molecular flexibility index (Phi) is 15.0. The van der Waals surface area contributed by atoms with E-state index in [9.17, 15) is 72.8 Å². The van der Waals surface area contributed by atoms with E-state index in [4.69, 9.17) is 4.74 Å². The number of alkyl halides is 12. The van der Waals surface area contributed by atoms with Crippen LogP contribution in [0, 0.1) is 46.8 Å². The number of hydrogen-bond donors (Lipinski definition) is 3. The summed E-state index contributed by atoms with van der Waals surface area (Å²) in [5.74, 6) is -3.68. The van der Waals surface area contributed by atoms with Gasteiger partial charge in [0.25, 0.3) is 0 Å². The molecule has 0 aliphatic heterocycles. The molecule has 3 aliphatic carbocycles. The summed E-state index contributed by atoms with van der Waals surface area (Å²) in [7, 11) is 0. The minimum Gasteiger partial charge on any atom is -0.462 e. The summed E-state index contributed by atoms with van der Waals surface area (Å²) >= 11 is 0. The zero-order valence-electron chi connectivity index (χ0n) is 27.8. The Bertz CT molecular complexity index is 1080. The van der Waals surface area contributed by atoms with Crippen LogP contribution in [0.5, 0.6) is 0 Å². The van der Waals surface area contributed by atoms with Crippen LogP contribution in [0.25, 0.3) is 0 Å². The zero-order valence-corrected chi connectivity index (χ0v) is 27.8. The first-order valence-electron chi connectivity index (χ1n) is 15.8. The van der Waals surface area contributed by atoms with E-state index in [1.807, 2.05) is 0 Å². The van der Waals surface area contributed by atoms with Crippen molar-refractivity contribution in [1.82, 2.24) is 0 Å². The smallest absolute Gasteiger partial charge is 0.417 e. The lowest BCUT2D eigenvalue weighted by Crippen LogP contribution is -2.57. The van der Waals surface area contributed by atoms with Gasteiger partial charge in [0.1, 0.15) is 6.10 Å². The van der Waals surface area contributed by atoms with Gasteiger partial charge < -0.3 is 20.1 Å². The highest BCUT2D eigenvalue weighted by atomic mass is 19.4. The van der Waals surface area contributed by atoms with Gasteiger partial charge in [0, 0.05) is 11.8 Å². The first-order chi connectivity index (χ1) is 21.2. The van der Waals surface area contributed by atoms with Crippen molar-refractivity contribution >= 4 is 5.97 Å². The van der Waals surface area contributed by atoms with Gasteiger partial charge in [0.05, 0.1) is 0 Å². The van der Waals surface area contributed by atoms with Gasteiger partial charge in [-0.1, -0.05) is 35.6 Å². The van der Waals surface area contributed by atoms with E-state index in [-0.39, 0.29) is 27.2 Å². The fourth-order valence-corrected chi connectivity index (χ4v) is 7.44. The van der Waals surface area contributed by atoms with Crippen molar-refractivity contribution in [3.05, 3.63) is 0 Å². The van der Waals surface area contributed by atoms with Crippen LogP contribution in [-0.2, 0) is 9.53 Å². The number of aliphatic hydroxyl groups is 3. The fourth-order valence-electron chi connectivity index (χ4n) is 7.44. The molecule has 11 unspecified atom stereocenters. The molecular weight excluding hydrogens is 704 g/mol. The predicted molar refractivity (Wildman–Crippen MR) is 161 cm³/mol. The molecule has 0 heterocycles. The van der Waals surface area contributed by atoms with Gasteiger partial charge in [-0.25, -0.2) is 0 Å². The minimum atomic E-state index is -5.29. The molecule has 3 saturated carbocycles. The molecule has 11 atom stereocenters. The summed E-state index contributed by atoms with van der Waals surface area (Å²) in [6, 6.07) is 0. The lowest BCUT2D eigenvalue weighted by Gasteiger charge is -2.46. The summed E-state index contributed by atoms with van der Waals surface area (Å²) in [4.78, 5) is 12.2. The number of halogens is 12. The molecule has 50 heavy (non-hydrogen) atoms. The van der Waals surface area contributed by atoms with E-state index < -0.39 is 96.5 Å². The van der Waals surface area contributed by atoms with Crippen LogP contribution in [-0.4, -0.2) is 68.9 Å². The lowest BCUT2D eigenvalue weighted by molar-refractivity contribution is -0.300. The number of carbonyl (C=O) groups excluding carboxylic acids is 1. The van der Waals surface area contributed by atoms with Crippen LogP contribution in [0.1, 0.15) is 108 Å². The van der Waals surface area contributed by atoms with Crippen molar-refractivity contribution < 1.29 is 77.5 Å². The molecule has 0 aromatic heterocycles. The Balaban J connectivity index is 0.00000107. The Morgan fingerprint density at radius 3 is 1.36 bits per heavy atom. The topological polar surface area (TPSA) is 87.0 Å². The van der Waals surface area contributed by atoms with Crippen molar-refractivity contribution in [3.63, 3.8) is 0 Å². The second-order valence-electron chi connectivity index (χ2n) is 15.0. The van der Waals surface area contributed by atoms with Gasteiger partial charge >= 0.3 is 30.7 Å². The molecule has 3 N–H and O–H groups in total. The highest BCUT2D eigenvalue weighted by molar-refractivity contribution is 5.77. The highest BCUT2D eigenvalue weighted by Gasteiger charge is 2.63. The monoisotopic (exact) mass is 758 g/mol. The fraction of sp³-hybridized carbons (Fsp3) is 0.970. The third-order valence-electron chi connectivity index (χ3n) is 11.8. The Labute approximate surface area is 286 Å². The molecule has 0 radical (unpaired) electrons. The van der Waals surface area contributed by atoms with Crippen LogP contribution in [0.2, 0.25) is 0 Å². The van der Waals surface area contributed by atoms with Crippen molar-refractivity contribution in [3.8, 4) is 0 Å². The SMILES string of the molecule is C.C.CC1C2CC(CC(C)(O)C(F)(F)F)C(C2)C1C.CCC(C)(C(=O)OC1CC(C(C)(O)C(F)(F)F)CC(C(C)(O)C(F)(F)F)C1)C(F)(F)F. The third-order valence-corrected chi connectivity index (χ3v) is 11.8. The molecule has 3 fully saturated rings. The van der Waals surface area contributed by atoms with Crippen LogP contribution in [0.3, 0.4) is 0 Å². The quantitative estimate of drug-likeness (QED) is 0.178. The summed E-state index contributed by atoms with van der Waals surface area (Å²) in [6.45, 7) is 7.40. The van der Waals surface area contributed by atoms with E-state index in [2.05, 4.69) is 13.8 Å². The average Bonchev–Trinajstić information content (AvgIpc) is 3.43. The minimum absolute atomic E-state index is 0. The first-order valence-corrected chi connectivity index (χ1v) is 15.8. The van der Waals surface area contributed by atoms with E-state index in [1.54, 1.807) is 0 Å². The maximum Gasteiger partial charge on any atom is 0.417 e. The second-order valence-corrected chi connectivity index (χ2v) is 15.0. The first kappa shape index (κ1) is 48.5. The maximum atomic E-state index is 13.3. The number of esters is 1. The number of fused-ring (bicyclic) bond motifs is 2. The van der Waals surface area contributed by atoms with E-state index in [1.165, 1.54) is 0 Å². The van der Waals surface area contributed by atoms with E-state index >= 15 is 0 Å². The Morgan fingerprint density at radius 2 is 1.06 bits per heavy atom. The van der Waals surface area contributed by atoms with Crippen molar-refractivity contribution in [2.45, 2.75) is 156 Å². The molecule has 0 aromatic rings. The van der Waals surface area contributed by atoms with E-state index in [0.717, 1.165) is 26.7 Å². The van der Waals surface area contributed by atoms with Gasteiger partial charge in [0.15, 0.2) is 22.2 Å². The Hall–Kier alpha value is -1.49. The molecule has 3 aliphatic rings. The molecule has 0 saturated heterocycles. The number of carbonyl (C=O) groups is 1. The van der Waals surface area contributed by atoms with Gasteiger partial charge in [-0.2, -0.15) is 52.7 Å². The molecular formula is C33H54F12O5. The summed E-state index contributed by atoms with van der Waals surface area (Å²) in [5, 5.41) is 29.4. The van der Waals surface area contributed by atoms with Gasteiger partial charge in [0.2, 0.25) is 0 Å². The third kappa shape index (κ3) is 9.54. The van der Waals surface area contributed by atoms with Crippen molar-refractivity contribution in [1.29, 1.82) is 0 Å². The van der Waals surface area contributed by atoms with Crippen LogP contribution >= 0.6 is 0 Å². The average molecular weight is 759 g/mol. The van der Waals surface area contributed by atoms with Crippen LogP contribution < -0.4 is 0 Å². The van der Waals surface area contributed by atoms with Gasteiger partial charge in [-0.3, -0.25) is 4.79 Å². The maximum absolute atomic E-state index is 13.3. The highest BCUT2D eigenvalue weighted by Crippen LogP contribution is 2.57. The number of rotatable bonds is 7. The van der Waals surface area contributed by atoms with E-state index in [0.29, 0.717) is 44.4 Å². The Morgan fingerprint density at radius 1 is 0.640 bits per heavy atom. The number of ether oxygens (including phenoxy) is 1. The largest absolute Gasteiger partial charge is 0.462 e. The summed E-state index contributed by atoms with van der Waals surface area (Å²) < 4.78 is 162. The molecule has 5 nitrogen and oxygen atoms in total. The standard InChI is InChI=1S/C18H25F9O4.C13H21F3O.2CH4/c1-5-13(2,16(19,20)21)12(28)31-11-7-9(14(3,29)17(22,23)24)6-10(8-11)15(4,30)18(25,26)27;1-7-8(2)11-5-9(7)4-10(11)6-12(3,17)13(14,15)16;;/h9-11,29-30H,5-8H2,1-4H3;7-11,17H,4-6H2,1-3H3;2*1H4. The van der Waals surface area contributed by atoms with Gasteiger partial charge in [-0.15, -0.1) is 0 Å². The molecule has 0 aromatic carbocycles. The van der Waals surface area contributed by atoms with Crippen molar-refractivity contribution in [2.24, 2.45) is 46.8 Å².